The number of aliphatic hydroxyl groups is 1. The smallest absolute Gasteiger partial charge is 0.109 e. The fourth-order valence-electron chi connectivity index (χ4n) is 2.20. The van der Waals surface area contributed by atoms with E-state index < -0.39 is 6.10 Å². The maximum absolute atomic E-state index is 10.3. The van der Waals surface area contributed by atoms with Crippen LogP contribution < -0.4 is 5.32 Å². The van der Waals surface area contributed by atoms with Crippen molar-refractivity contribution in [2.75, 3.05) is 5.32 Å². The van der Waals surface area contributed by atoms with Crippen LogP contribution in [0.15, 0.2) is 36.4 Å². The lowest BCUT2D eigenvalue weighted by Gasteiger charge is -2.17. The summed E-state index contributed by atoms with van der Waals surface area (Å²) in [5.74, 6) is 0. The van der Waals surface area contributed by atoms with Gasteiger partial charge in [-0.25, -0.2) is 0 Å². The van der Waals surface area contributed by atoms with Crippen LogP contribution in [-0.4, -0.2) is 11.1 Å². The number of benzene rings is 1. The predicted octanol–water partition coefficient (Wildman–Crippen LogP) is 3.47. The number of aliphatic hydroxyl groups excluding tert-OH is 1. The molecule has 2 nitrogen and oxygen atoms in total. The number of rotatable bonds is 2. The lowest BCUT2D eigenvalue weighted by atomic mass is 10.0. The first kappa shape index (κ1) is 11.1. The molecule has 2 N–H and O–H groups in total. The quantitative estimate of drug-likeness (QED) is 0.871. The molecule has 1 aromatic heterocycles. The summed E-state index contributed by atoms with van der Waals surface area (Å²) >= 11 is 7.32. The Kier molecular flexibility index (Phi) is 2.82. The molecule has 0 saturated carbocycles. The maximum Gasteiger partial charge on any atom is 0.109 e. The van der Waals surface area contributed by atoms with E-state index in [4.69, 9.17) is 11.6 Å². The number of fused-ring (bicyclic) bond motifs is 1. The van der Waals surface area contributed by atoms with Crippen LogP contribution in [0.25, 0.3) is 0 Å². The van der Waals surface area contributed by atoms with Crippen molar-refractivity contribution in [3.05, 3.63) is 51.2 Å². The largest absolute Gasteiger partial charge is 0.385 e. The third-order valence-electron chi connectivity index (χ3n) is 3.06. The van der Waals surface area contributed by atoms with Gasteiger partial charge in [0.2, 0.25) is 0 Å². The number of anilines is 1. The van der Waals surface area contributed by atoms with Crippen LogP contribution in [0.1, 0.15) is 16.5 Å². The van der Waals surface area contributed by atoms with Gasteiger partial charge in [0.1, 0.15) is 6.10 Å². The van der Waals surface area contributed by atoms with Gasteiger partial charge in [-0.05, 0) is 30.2 Å². The van der Waals surface area contributed by atoms with Gasteiger partial charge in [-0.1, -0.05) is 29.8 Å². The molecule has 2 unspecified atom stereocenters. The molecule has 0 fully saturated rings. The summed E-state index contributed by atoms with van der Waals surface area (Å²) < 4.78 is 0.717. The standard InChI is InChI=1S/C13H12ClNOS/c14-12-6-5-11(17-12)13(16)10-7-8-3-1-2-4-9(8)15-10/h1-6,10,13,15-16H,7H2. The molecule has 0 bridgehead atoms. The highest BCUT2D eigenvalue weighted by Gasteiger charge is 2.28. The van der Waals surface area contributed by atoms with Crippen molar-refractivity contribution < 1.29 is 5.11 Å². The van der Waals surface area contributed by atoms with Gasteiger partial charge in [0.15, 0.2) is 0 Å². The minimum atomic E-state index is -0.500. The summed E-state index contributed by atoms with van der Waals surface area (Å²) in [4.78, 5) is 0.917. The fraction of sp³-hybridized carbons (Fsp3) is 0.231. The van der Waals surface area contributed by atoms with Crippen molar-refractivity contribution in [3.63, 3.8) is 0 Å². The van der Waals surface area contributed by atoms with Gasteiger partial charge in [0.25, 0.3) is 0 Å². The van der Waals surface area contributed by atoms with Crippen LogP contribution in [0, 0.1) is 0 Å². The number of para-hydroxylation sites is 1. The summed E-state index contributed by atoms with van der Waals surface area (Å²) in [6.07, 6.45) is 0.354. The highest BCUT2D eigenvalue weighted by Crippen LogP contribution is 2.35. The maximum atomic E-state index is 10.3. The highest BCUT2D eigenvalue weighted by molar-refractivity contribution is 7.16. The average Bonchev–Trinajstić information content (AvgIpc) is 2.93. The van der Waals surface area contributed by atoms with Gasteiger partial charge >= 0.3 is 0 Å². The molecule has 17 heavy (non-hydrogen) atoms. The van der Waals surface area contributed by atoms with Crippen LogP contribution >= 0.6 is 22.9 Å². The van der Waals surface area contributed by atoms with Gasteiger partial charge in [-0.15, -0.1) is 11.3 Å². The molecular weight excluding hydrogens is 254 g/mol. The molecule has 88 valence electrons. The fourth-order valence-corrected chi connectivity index (χ4v) is 3.32. The second-order valence-electron chi connectivity index (χ2n) is 4.20. The van der Waals surface area contributed by atoms with Crippen molar-refractivity contribution in [3.8, 4) is 0 Å². The number of nitrogens with one attached hydrogen (secondary N) is 1. The minimum absolute atomic E-state index is 0.0436. The lowest BCUT2D eigenvalue weighted by molar-refractivity contribution is 0.160. The second-order valence-corrected chi connectivity index (χ2v) is 5.95. The Bertz CT molecular complexity index is 515. The van der Waals surface area contributed by atoms with E-state index in [0.717, 1.165) is 21.3 Å². The van der Waals surface area contributed by atoms with E-state index >= 15 is 0 Å². The molecule has 0 spiro atoms. The lowest BCUT2D eigenvalue weighted by Crippen LogP contribution is -2.24. The molecular formula is C13H12ClNOS. The summed E-state index contributed by atoms with van der Waals surface area (Å²) in [6.45, 7) is 0. The number of halogens is 1. The molecule has 1 aromatic carbocycles. The molecule has 3 rings (SSSR count). The van der Waals surface area contributed by atoms with Crippen LogP contribution in [0.4, 0.5) is 5.69 Å². The zero-order chi connectivity index (χ0) is 11.8. The molecule has 1 aliphatic rings. The van der Waals surface area contributed by atoms with E-state index in [1.54, 1.807) is 0 Å². The zero-order valence-corrected chi connectivity index (χ0v) is 10.6. The Hall–Kier alpha value is -1.03. The van der Waals surface area contributed by atoms with E-state index in [2.05, 4.69) is 11.4 Å². The predicted molar refractivity (Wildman–Crippen MR) is 71.8 cm³/mol. The number of hydrogen-bond donors (Lipinski definition) is 2. The highest BCUT2D eigenvalue weighted by atomic mass is 35.5. The summed E-state index contributed by atoms with van der Waals surface area (Å²) in [5, 5.41) is 13.7. The first-order valence-electron chi connectivity index (χ1n) is 5.52. The van der Waals surface area contributed by atoms with Crippen molar-refractivity contribution in [2.24, 2.45) is 0 Å². The third kappa shape index (κ3) is 2.06. The summed E-state index contributed by atoms with van der Waals surface area (Å²) in [5.41, 5.74) is 2.39. The molecule has 2 aromatic rings. The third-order valence-corrected chi connectivity index (χ3v) is 4.37. The normalized spacial score (nSPS) is 19.8. The molecule has 4 heteroatoms. The van der Waals surface area contributed by atoms with E-state index in [1.807, 2.05) is 30.3 Å². The van der Waals surface area contributed by atoms with Gasteiger partial charge in [-0.3, -0.25) is 0 Å². The minimum Gasteiger partial charge on any atom is -0.385 e. The molecule has 1 aliphatic heterocycles. The van der Waals surface area contributed by atoms with Crippen LogP contribution in [-0.2, 0) is 6.42 Å². The van der Waals surface area contributed by atoms with E-state index in [1.165, 1.54) is 16.9 Å². The van der Waals surface area contributed by atoms with Crippen LogP contribution in [0.2, 0.25) is 4.34 Å². The van der Waals surface area contributed by atoms with Crippen LogP contribution in [0.3, 0.4) is 0 Å². The summed E-state index contributed by atoms with van der Waals surface area (Å²) in [6, 6.07) is 11.9. The Balaban J connectivity index is 1.80. The Labute approximate surface area is 109 Å². The van der Waals surface area contributed by atoms with Gasteiger partial charge < -0.3 is 10.4 Å². The molecule has 0 amide bonds. The summed E-state index contributed by atoms with van der Waals surface area (Å²) in [7, 11) is 0. The Morgan fingerprint density at radius 3 is 2.82 bits per heavy atom. The van der Waals surface area contributed by atoms with E-state index in [-0.39, 0.29) is 6.04 Å². The van der Waals surface area contributed by atoms with E-state index in [0.29, 0.717) is 0 Å². The molecule has 0 aliphatic carbocycles. The van der Waals surface area contributed by atoms with Crippen LogP contribution in [0.5, 0.6) is 0 Å². The van der Waals surface area contributed by atoms with Gasteiger partial charge in [-0.2, -0.15) is 0 Å². The molecule has 0 saturated heterocycles. The average molecular weight is 266 g/mol. The number of thiophene rings is 1. The van der Waals surface area contributed by atoms with Crippen molar-refractivity contribution in [1.82, 2.24) is 0 Å². The first-order valence-corrected chi connectivity index (χ1v) is 6.71. The monoisotopic (exact) mass is 265 g/mol. The number of hydrogen-bond acceptors (Lipinski definition) is 3. The molecule has 2 atom stereocenters. The van der Waals surface area contributed by atoms with Crippen molar-refractivity contribution in [1.29, 1.82) is 0 Å². The molecule has 2 heterocycles. The SMILES string of the molecule is OC(c1ccc(Cl)s1)C1Cc2ccccc2N1. The van der Waals surface area contributed by atoms with Gasteiger partial charge in [0.05, 0.1) is 10.4 Å². The molecule has 0 radical (unpaired) electrons. The van der Waals surface area contributed by atoms with E-state index in [9.17, 15) is 5.11 Å². The van der Waals surface area contributed by atoms with Crippen molar-refractivity contribution in [2.45, 2.75) is 18.6 Å². The Morgan fingerprint density at radius 1 is 1.29 bits per heavy atom. The Morgan fingerprint density at radius 2 is 2.12 bits per heavy atom. The van der Waals surface area contributed by atoms with Crippen molar-refractivity contribution >= 4 is 28.6 Å². The second kappa shape index (κ2) is 4.33. The zero-order valence-electron chi connectivity index (χ0n) is 9.06. The topological polar surface area (TPSA) is 32.3 Å². The van der Waals surface area contributed by atoms with Gasteiger partial charge in [0, 0.05) is 10.6 Å². The first-order chi connectivity index (χ1) is 8.24.